The van der Waals surface area contributed by atoms with Crippen molar-refractivity contribution in [2.45, 2.75) is 26.3 Å². The van der Waals surface area contributed by atoms with Crippen molar-refractivity contribution < 1.29 is 19.5 Å². The number of hydrogen-bond donors (Lipinski definition) is 3. The molecule has 8 nitrogen and oxygen atoms in total. The lowest BCUT2D eigenvalue weighted by Gasteiger charge is -2.26. The molecule has 1 aliphatic heterocycles. The van der Waals surface area contributed by atoms with E-state index in [0.29, 0.717) is 17.7 Å². The van der Waals surface area contributed by atoms with Crippen molar-refractivity contribution in [1.82, 2.24) is 4.90 Å². The van der Waals surface area contributed by atoms with Crippen LogP contribution >= 0.6 is 0 Å². The van der Waals surface area contributed by atoms with E-state index in [-0.39, 0.29) is 29.8 Å². The maximum atomic E-state index is 12.6. The topological polar surface area (TPSA) is 139 Å². The van der Waals surface area contributed by atoms with Gasteiger partial charge in [-0.25, -0.2) is 4.79 Å². The van der Waals surface area contributed by atoms with Crippen LogP contribution in [0.5, 0.6) is 0 Å². The van der Waals surface area contributed by atoms with Gasteiger partial charge in [-0.15, -0.1) is 0 Å². The second kappa shape index (κ2) is 6.69. The number of rotatable bonds is 5. The Hall–Kier alpha value is -2.90. The van der Waals surface area contributed by atoms with Crippen LogP contribution in [0.4, 0.5) is 0 Å². The molecule has 0 saturated carbocycles. The zero-order valence-electron chi connectivity index (χ0n) is 13.5. The Morgan fingerprint density at radius 1 is 1.33 bits per heavy atom. The van der Waals surface area contributed by atoms with Crippen LogP contribution in [-0.2, 0) is 4.79 Å². The zero-order valence-corrected chi connectivity index (χ0v) is 13.5. The molecule has 24 heavy (non-hydrogen) atoms. The summed E-state index contributed by atoms with van der Waals surface area (Å²) in [5, 5.41) is 9.16. The molecule has 8 heteroatoms. The first-order valence-electron chi connectivity index (χ1n) is 7.51. The fraction of sp³-hybridized carbons (Fsp3) is 0.375. The van der Waals surface area contributed by atoms with Crippen LogP contribution in [0.25, 0.3) is 0 Å². The number of carbonyl (C=O) groups is 3. The summed E-state index contributed by atoms with van der Waals surface area (Å²) >= 11 is 0. The van der Waals surface area contributed by atoms with E-state index in [1.807, 2.05) is 13.8 Å². The number of carboxylic acids is 1. The smallest absolute Gasteiger partial charge is 0.335 e. The predicted octanol–water partition coefficient (Wildman–Crippen LogP) is 0.728. The maximum Gasteiger partial charge on any atom is 0.335 e. The van der Waals surface area contributed by atoms with Crippen LogP contribution in [0.15, 0.2) is 23.2 Å². The van der Waals surface area contributed by atoms with Gasteiger partial charge in [-0.3, -0.25) is 9.59 Å². The molecule has 0 bridgehead atoms. The van der Waals surface area contributed by atoms with Crippen LogP contribution in [0, 0.1) is 5.92 Å². The van der Waals surface area contributed by atoms with E-state index in [1.54, 1.807) is 4.90 Å². The molecule has 1 atom stereocenters. The summed E-state index contributed by atoms with van der Waals surface area (Å²) in [5.41, 5.74) is 11.4. The van der Waals surface area contributed by atoms with Crippen molar-refractivity contribution in [2.75, 3.05) is 6.54 Å². The van der Waals surface area contributed by atoms with Gasteiger partial charge in [-0.05, 0) is 29.7 Å². The number of guanidine groups is 1. The zero-order chi connectivity index (χ0) is 18.0. The first-order valence-corrected chi connectivity index (χ1v) is 7.51. The largest absolute Gasteiger partial charge is 0.478 e. The molecule has 0 aliphatic carbocycles. The first-order chi connectivity index (χ1) is 11.2. The number of aromatic carboxylic acids is 1. The molecule has 5 N–H and O–H groups in total. The summed E-state index contributed by atoms with van der Waals surface area (Å²) in [5.74, 6) is -2.04. The summed E-state index contributed by atoms with van der Waals surface area (Å²) in [4.78, 5) is 40.8. The molecule has 1 heterocycles. The molecule has 1 aromatic rings. The van der Waals surface area contributed by atoms with Crippen molar-refractivity contribution in [3.63, 3.8) is 0 Å². The number of nitrogens with two attached hydrogens (primary N) is 2. The van der Waals surface area contributed by atoms with Gasteiger partial charge in [0.05, 0.1) is 18.0 Å². The van der Waals surface area contributed by atoms with Gasteiger partial charge in [-0.1, -0.05) is 13.8 Å². The Kier molecular flexibility index (Phi) is 4.87. The van der Waals surface area contributed by atoms with Crippen LogP contribution in [0.1, 0.15) is 52.6 Å². The number of nitrogens with zero attached hydrogens (tertiary/aromatic N) is 2. The summed E-state index contributed by atoms with van der Waals surface area (Å²) in [7, 11) is 0. The van der Waals surface area contributed by atoms with E-state index >= 15 is 0 Å². The fourth-order valence-corrected chi connectivity index (χ4v) is 2.81. The van der Waals surface area contributed by atoms with Gasteiger partial charge < -0.3 is 21.5 Å². The summed E-state index contributed by atoms with van der Waals surface area (Å²) in [6, 6.07) is 3.72. The van der Waals surface area contributed by atoms with E-state index in [9.17, 15) is 14.4 Å². The third-order valence-electron chi connectivity index (χ3n) is 3.71. The Labute approximate surface area is 139 Å². The SMILES string of the molecule is CC(C)CN1C(=O)c2ccc(C(=O)O)cc2C1CC(=O)N=C(N)N. The summed E-state index contributed by atoms with van der Waals surface area (Å²) in [6.45, 7) is 4.34. The number of fused-ring (bicyclic) bond motifs is 1. The van der Waals surface area contributed by atoms with Crippen molar-refractivity contribution >= 4 is 23.7 Å². The number of carboxylic acid groups (broad SMARTS) is 1. The number of hydrogen-bond acceptors (Lipinski definition) is 3. The predicted molar refractivity (Wildman–Crippen MR) is 87.5 cm³/mol. The Morgan fingerprint density at radius 3 is 2.54 bits per heavy atom. The summed E-state index contributed by atoms with van der Waals surface area (Å²) < 4.78 is 0. The molecule has 128 valence electrons. The van der Waals surface area contributed by atoms with Crippen LogP contribution in [-0.4, -0.2) is 40.3 Å². The lowest BCUT2D eigenvalue weighted by Crippen LogP contribution is -2.33. The molecule has 0 saturated heterocycles. The average molecular weight is 332 g/mol. The molecule has 1 aromatic carbocycles. The normalized spacial score (nSPS) is 16.2. The molecule has 2 rings (SSSR count). The van der Waals surface area contributed by atoms with E-state index < -0.39 is 17.9 Å². The maximum absolute atomic E-state index is 12.6. The van der Waals surface area contributed by atoms with Gasteiger partial charge >= 0.3 is 5.97 Å². The number of benzene rings is 1. The minimum Gasteiger partial charge on any atom is -0.478 e. The number of carbonyl (C=O) groups excluding carboxylic acids is 2. The van der Waals surface area contributed by atoms with E-state index in [1.165, 1.54) is 18.2 Å². The molecular weight excluding hydrogens is 312 g/mol. The molecular formula is C16H20N4O4. The van der Waals surface area contributed by atoms with Crippen molar-refractivity contribution in [3.05, 3.63) is 34.9 Å². The molecule has 0 spiro atoms. The Bertz CT molecular complexity index is 723. The monoisotopic (exact) mass is 332 g/mol. The van der Waals surface area contributed by atoms with E-state index in [4.69, 9.17) is 16.6 Å². The molecule has 2 amide bonds. The number of amides is 2. The fourth-order valence-electron chi connectivity index (χ4n) is 2.81. The average Bonchev–Trinajstić information content (AvgIpc) is 2.71. The number of aliphatic imine (C=N–C) groups is 1. The second-order valence-corrected chi connectivity index (χ2v) is 6.11. The van der Waals surface area contributed by atoms with Crippen molar-refractivity contribution in [1.29, 1.82) is 0 Å². The van der Waals surface area contributed by atoms with Gasteiger partial charge in [0.2, 0.25) is 0 Å². The van der Waals surface area contributed by atoms with Gasteiger partial charge in [-0.2, -0.15) is 4.99 Å². The highest BCUT2D eigenvalue weighted by atomic mass is 16.4. The highest BCUT2D eigenvalue weighted by molar-refractivity contribution is 6.01. The van der Waals surface area contributed by atoms with Gasteiger partial charge in [0.25, 0.3) is 11.8 Å². The minimum atomic E-state index is -1.10. The van der Waals surface area contributed by atoms with Crippen molar-refractivity contribution in [2.24, 2.45) is 22.4 Å². The van der Waals surface area contributed by atoms with Crippen LogP contribution in [0.3, 0.4) is 0 Å². The molecule has 1 unspecified atom stereocenters. The molecule has 0 radical (unpaired) electrons. The molecule has 0 fully saturated rings. The lowest BCUT2D eigenvalue weighted by molar-refractivity contribution is -0.118. The van der Waals surface area contributed by atoms with Crippen LogP contribution in [0.2, 0.25) is 0 Å². The lowest BCUT2D eigenvalue weighted by atomic mass is 9.99. The minimum absolute atomic E-state index is 0.0623. The molecule has 0 aromatic heterocycles. The quantitative estimate of drug-likeness (QED) is 0.536. The van der Waals surface area contributed by atoms with Gasteiger partial charge in [0.1, 0.15) is 0 Å². The van der Waals surface area contributed by atoms with E-state index in [0.717, 1.165) is 0 Å². The third-order valence-corrected chi connectivity index (χ3v) is 3.71. The third kappa shape index (κ3) is 3.53. The van der Waals surface area contributed by atoms with E-state index in [2.05, 4.69) is 4.99 Å². The Morgan fingerprint density at radius 2 is 2.00 bits per heavy atom. The highest BCUT2D eigenvalue weighted by Gasteiger charge is 2.38. The standard InChI is InChI=1S/C16H20N4O4/c1-8(2)7-20-12(6-13(21)19-16(17)18)11-5-9(15(23)24)3-4-10(11)14(20)22/h3-5,8,12H,6-7H2,1-2H3,(H,23,24)(H4,17,18,19,21). The van der Waals surface area contributed by atoms with Gasteiger partial charge in [0.15, 0.2) is 5.96 Å². The van der Waals surface area contributed by atoms with Crippen molar-refractivity contribution in [3.8, 4) is 0 Å². The second-order valence-electron chi connectivity index (χ2n) is 6.11. The first kappa shape index (κ1) is 17.5. The Balaban J connectivity index is 2.44. The van der Waals surface area contributed by atoms with Crippen LogP contribution < -0.4 is 11.5 Å². The summed E-state index contributed by atoms with van der Waals surface area (Å²) in [6.07, 6.45) is -0.105. The van der Waals surface area contributed by atoms with Gasteiger partial charge in [0, 0.05) is 12.1 Å². The highest BCUT2D eigenvalue weighted by Crippen LogP contribution is 2.37. The molecule has 1 aliphatic rings.